The lowest BCUT2D eigenvalue weighted by molar-refractivity contribution is 0.0304. The number of hydrogen-bond donors (Lipinski definition) is 0. The second-order valence-electron chi connectivity index (χ2n) is 8.67. The Balaban J connectivity index is 1.60. The zero-order valence-electron chi connectivity index (χ0n) is 16.8. The van der Waals surface area contributed by atoms with E-state index in [2.05, 4.69) is 30.9 Å². The van der Waals surface area contributed by atoms with Gasteiger partial charge in [0.25, 0.3) is 0 Å². The van der Waals surface area contributed by atoms with Crippen molar-refractivity contribution in [3.8, 4) is 5.75 Å². The summed E-state index contributed by atoms with van der Waals surface area (Å²) in [6, 6.07) is 12.9. The van der Waals surface area contributed by atoms with Gasteiger partial charge in [0, 0.05) is 24.1 Å². The number of ketones is 1. The largest absolute Gasteiger partial charge is 0.497 e. The van der Waals surface area contributed by atoms with Gasteiger partial charge in [0.1, 0.15) is 5.75 Å². The maximum Gasteiger partial charge on any atom is 0.167 e. The van der Waals surface area contributed by atoms with E-state index in [-0.39, 0.29) is 5.92 Å². The number of likely N-dealkylation sites (tertiary alicyclic amines) is 1. The zero-order chi connectivity index (χ0) is 19.0. The molecule has 2 fully saturated rings. The third kappa shape index (κ3) is 3.62. The molecule has 1 aliphatic carbocycles. The number of rotatable bonds is 5. The summed E-state index contributed by atoms with van der Waals surface area (Å²) in [6.45, 7) is 6.65. The molecule has 0 bridgehead atoms. The lowest BCUT2D eigenvalue weighted by atomic mass is 9.73. The number of piperidine rings is 1. The van der Waals surface area contributed by atoms with E-state index in [1.54, 1.807) is 7.11 Å². The minimum Gasteiger partial charge on any atom is -0.497 e. The van der Waals surface area contributed by atoms with Gasteiger partial charge in [0.05, 0.1) is 7.11 Å². The van der Waals surface area contributed by atoms with Crippen LogP contribution in [-0.4, -0.2) is 36.9 Å². The molecule has 0 amide bonds. The van der Waals surface area contributed by atoms with Gasteiger partial charge in [0.15, 0.2) is 5.78 Å². The summed E-state index contributed by atoms with van der Waals surface area (Å²) in [5.41, 5.74) is 0.860. The SMILES string of the molecule is COc1ccc2cc(C(=O)C3CN(C4CCC4)CCC3C(C)C)ccc2c1. The zero-order valence-corrected chi connectivity index (χ0v) is 16.8. The minimum atomic E-state index is 0.120. The fourth-order valence-corrected chi connectivity index (χ4v) is 4.87. The van der Waals surface area contributed by atoms with Gasteiger partial charge >= 0.3 is 0 Å². The topological polar surface area (TPSA) is 29.5 Å². The number of fused-ring (bicyclic) bond motifs is 1. The minimum absolute atomic E-state index is 0.120. The number of hydrogen-bond acceptors (Lipinski definition) is 3. The number of benzene rings is 2. The van der Waals surface area contributed by atoms with Gasteiger partial charge < -0.3 is 4.74 Å². The summed E-state index contributed by atoms with van der Waals surface area (Å²) in [7, 11) is 1.68. The Kier molecular flexibility index (Phi) is 5.23. The lowest BCUT2D eigenvalue weighted by Gasteiger charge is -2.46. The first-order valence-corrected chi connectivity index (χ1v) is 10.4. The Bertz CT molecular complexity index is 824. The molecule has 1 aliphatic heterocycles. The van der Waals surface area contributed by atoms with Gasteiger partial charge in [-0.15, -0.1) is 0 Å². The molecule has 27 heavy (non-hydrogen) atoms. The van der Waals surface area contributed by atoms with Crippen molar-refractivity contribution < 1.29 is 9.53 Å². The van der Waals surface area contributed by atoms with Crippen molar-refractivity contribution in [1.29, 1.82) is 0 Å². The van der Waals surface area contributed by atoms with Gasteiger partial charge in [-0.3, -0.25) is 9.69 Å². The third-order valence-corrected chi connectivity index (χ3v) is 6.81. The van der Waals surface area contributed by atoms with Gasteiger partial charge in [-0.05, 0) is 66.6 Å². The Labute approximate surface area is 162 Å². The molecule has 4 rings (SSSR count). The van der Waals surface area contributed by atoms with Crippen LogP contribution >= 0.6 is 0 Å². The summed E-state index contributed by atoms with van der Waals surface area (Å²) in [5, 5.41) is 2.22. The molecule has 1 saturated carbocycles. The standard InChI is InChI=1S/C24H31NO2/c1-16(2)22-11-12-25(20-5-4-6-20)15-23(22)24(26)19-8-7-18-14-21(27-3)10-9-17(18)13-19/h7-10,13-14,16,20,22-23H,4-6,11-12,15H2,1-3H3. The molecule has 2 aromatic carbocycles. The van der Waals surface area contributed by atoms with Crippen LogP contribution < -0.4 is 4.74 Å². The van der Waals surface area contributed by atoms with E-state index in [4.69, 9.17) is 4.74 Å². The van der Waals surface area contributed by atoms with Crippen LogP contribution in [0.1, 0.15) is 49.9 Å². The normalized spacial score (nSPS) is 24.1. The van der Waals surface area contributed by atoms with Crippen molar-refractivity contribution in [2.75, 3.05) is 20.2 Å². The van der Waals surface area contributed by atoms with E-state index in [1.807, 2.05) is 24.3 Å². The fraction of sp³-hybridized carbons (Fsp3) is 0.542. The number of Topliss-reactive ketones (excluding diaryl/α,β-unsaturated/α-hetero) is 1. The second-order valence-corrected chi connectivity index (χ2v) is 8.67. The summed E-state index contributed by atoms with van der Waals surface area (Å²) >= 11 is 0. The Morgan fingerprint density at radius 2 is 1.81 bits per heavy atom. The molecule has 0 spiro atoms. The van der Waals surface area contributed by atoms with Gasteiger partial charge in [0.2, 0.25) is 0 Å². The average Bonchev–Trinajstić information content (AvgIpc) is 2.65. The molecule has 1 heterocycles. The molecule has 0 N–H and O–H groups in total. The van der Waals surface area contributed by atoms with Crippen LogP contribution in [0.5, 0.6) is 5.75 Å². The molecular formula is C24H31NO2. The predicted molar refractivity (Wildman–Crippen MR) is 110 cm³/mol. The first-order valence-electron chi connectivity index (χ1n) is 10.4. The van der Waals surface area contributed by atoms with Crippen LogP contribution in [0.15, 0.2) is 36.4 Å². The van der Waals surface area contributed by atoms with Crippen LogP contribution in [-0.2, 0) is 0 Å². The summed E-state index contributed by atoms with van der Waals surface area (Å²) in [5.74, 6) is 2.34. The maximum absolute atomic E-state index is 13.5. The quantitative estimate of drug-likeness (QED) is 0.684. The maximum atomic E-state index is 13.5. The first kappa shape index (κ1) is 18.5. The molecule has 1 saturated heterocycles. The predicted octanol–water partition coefficient (Wildman–Crippen LogP) is 5.18. The number of carbonyl (C=O) groups excluding carboxylic acids is 1. The van der Waals surface area contributed by atoms with Gasteiger partial charge in [-0.25, -0.2) is 0 Å². The van der Waals surface area contributed by atoms with Crippen molar-refractivity contribution >= 4 is 16.6 Å². The van der Waals surface area contributed by atoms with E-state index >= 15 is 0 Å². The molecule has 2 atom stereocenters. The average molecular weight is 366 g/mol. The van der Waals surface area contributed by atoms with Crippen LogP contribution in [0, 0.1) is 17.8 Å². The summed E-state index contributed by atoms with van der Waals surface area (Å²) in [4.78, 5) is 16.1. The molecule has 2 aromatic rings. The van der Waals surface area contributed by atoms with Crippen molar-refractivity contribution in [1.82, 2.24) is 4.90 Å². The molecule has 144 valence electrons. The van der Waals surface area contributed by atoms with Crippen LogP contribution in [0.2, 0.25) is 0 Å². The molecule has 2 aliphatic rings. The lowest BCUT2D eigenvalue weighted by Crippen LogP contribution is -2.51. The van der Waals surface area contributed by atoms with Crippen LogP contribution in [0.4, 0.5) is 0 Å². The second kappa shape index (κ2) is 7.63. The van der Waals surface area contributed by atoms with Gasteiger partial charge in [-0.2, -0.15) is 0 Å². The summed E-state index contributed by atoms with van der Waals surface area (Å²) in [6.07, 6.45) is 5.12. The summed E-state index contributed by atoms with van der Waals surface area (Å²) < 4.78 is 5.31. The number of ether oxygens (including phenoxy) is 1. The fourth-order valence-electron chi connectivity index (χ4n) is 4.87. The number of carbonyl (C=O) groups is 1. The molecule has 3 nitrogen and oxygen atoms in total. The Morgan fingerprint density at radius 1 is 1.07 bits per heavy atom. The van der Waals surface area contributed by atoms with E-state index in [9.17, 15) is 4.79 Å². The Morgan fingerprint density at radius 3 is 2.48 bits per heavy atom. The number of nitrogens with zero attached hydrogens (tertiary/aromatic N) is 1. The first-order chi connectivity index (χ1) is 13.1. The van der Waals surface area contributed by atoms with Crippen LogP contribution in [0.3, 0.4) is 0 Å². The van der Waals surface area contributed by atoms with Crippen molar-refractivity contribution in [3.05, 3.63) is 42.0 Å². The molecule has 0 aromatic heterocycles. The van der Waals surface area contributed by atoms with E-state index in [1.165, 1.54) is 19.3 Å². The van der Waals surface area contributed by atoms with Gasteiger partial charge in [-0.1, -0.05) is 38.5 Å². The molecule has 2 unspecified atom stereocenters. The van der Waals surface area contributed by atoms with E-state index in [0.717, 1.165) is 47.6 Å². The van der Waals surface area contributed by atoms with E-state index in [0.29, 0.717) is 17.6 Å². The highest BCUT2D eigenvalue weighted by atomic mass is 16.5. The van der Waals surface area contributed by atoms with Crippen molar-refractivity contribution in [3.63, 3.8) is 0 Å². The number of methoxy groups -OCH3 is 1. The Hall–Kier alpha value is -1.87. The molecule has 0 radical (unpaired) electrons. The van der Waals surface area contributed by atoms with E-state index < -0.39 is 0 Å². The smallest absolute Gasteiger partial charge is 0.167 e. The van der Waals surface area contributed by atoms with Crippen molar-refractivity contribution in [2.24, 2.45) is 17.8 Å². The monoisotopic (exact) mass is 365 g/mol. The van der Waals surface area contributed by atoms with Crippen molar-refractivity contribution in [2.45, 2.75) is 45.6 Å². The third-order valence-electron chi connectivity index (χ3n) is 6.81. The molecule has 3 heteroatoms. The van der Waals surface area contributed by atoms with Crippen LogP contribution in [0.25, 0.3) is 10.8 Å². The molecular weight excluding hydrogens is 334 g/mol. The highest BCUT2D eigenvalue weighted by molar-refractivity contribution is 6.01. The highest BCUT2D eigenvalue weighted by Gasteiger charge is 2.39. The highest BCUT2D eigenvalue weighted by Crippen LogP contribution is 2.36.